The predicted molar refractivity (Wildman–Crippen MR) is 114 cm³/mol. The number of amides is 1. The molecule has 2 aliphatic rings. The van der Waals surface area contributed by atoms with Crippen LogP contribution in [-0.4, -0.2) is 38.2 Å². The van der Waals surface area contributed by atoms with E-state index in [1.54, 1.807) is 18.2 Å². The summed E-state index contributed by atoms with van der Waals surface area (Å²) in [6.45, 7) is 5.22. The van der Waals surface area contributed by atoms with Gasteiger partial charge in [-0.1, -0.05) is 37.3 Å². The van der Waals surface area contributed by atoms with Crippen LogP contribution in [0.2, 0.25) is 0 Å². The highest BCUT2D eigenvalue weighted by Crippen LogP contribution is 2.30. The first kappa shape index (κ1) is 19.6. The summed E-state index contributed by atoms with van der Waals surface area (Å²) in [6, 6.07) is 12.9. The maximum absolute atomic E-state index is 13.0. The van der Waals surface area contributed by atoms with Crippen LogP contribution in [0.25, 0.3) is 0 Å². The summed E-state index contributed by atoms with van der Waals surface area (Å²) < 4.78 is 28.8. The second kappa shape index (κ2) is 7.63. The number of sulfonamides is 1. The van der Waals surface area contributed by atoms with Gasteiger partial charge >= 0.3 is 0 Å². The minimum Gasteiger partial charge on any atom is -0.355 e. The SMILES string of the molecule is CCc1cccc(C)c1NC(=O)[C@H]1CCCN(C2=NS(=O)(=O)c3ccccc32)C1. The van der Waals surface area contributed by atoms with E-state index in [2.05, 4.69) is 16.6 Å². The van der Waals surface area contributed by atoms with Crippen LogP contribution in [0.3, 0.4) is 0 Å². The number of nitrogens with zero attached hydrogens (tertiary/aromatic N) is 2. The summed E-state index contributed by atoms with van der Waals surface area (Å²) >= 11 is 0. The van der Waals surface area contributed by atoms with Crippen LogP contribution in [0.15, 0.2) is 51.8 Å². The van der Waals surface area contributed by atoms with E-state index in [1.165, 1.54) is 0 Å². The molecule has 2 aromatic carbocycles. The van der Waals surface area contributed by atoms with Crippen molar-refractivity contribution >= 4 is 27.5 Å². The third kappa shape index (κ3) is 3.67. The topological polar surface area (TPSA) is 78.8 Å². The molecule has 1 fully saturated rings. The molecule has 0 unspecified atom stereocenters. The number of aryl methyl sites for hydroxylation is 2. The number of hydrogen-bond acceptors (Lipinski definition) is 4. The molecule has 0 radical (unpaired) electrons. The molecule has 1 atom stereocenters. The third-order valence-electron chi connectivity index (χ3n) is 5.69. The molecule has 1 saturated heterocycles. The summed E-state index contributed by atoms with van der Waals surface area (Å²) in [7, 11) is -3.66. The van der Waals surface area contributed by atoms with Crippen molar-refractivity contribution in [3.8, 4) is 0 Å². The van der Waals surface area contributed by atoms with E-state index in [9.17, 15) is 13.2 Å². The molecule has 0 bridgehead atoms. The van der Waals surface area contributed by atoms with Crippen LogP contribution in [0.5, 0.6) is 0 Å². The van der Waals surface area contributed by atoms with Crippen molar-refractivity contribution < 1.29 is 13.2 Å². The van der Waals surface area contributed by atoms with Crippen molar-refractivity contribution in [1.82, 2.24) is 4.90 Å². The van der Waals surface area contributed by atoms with Gasteiger partial charge in [0.15, 0.2) is 5.84 Å². The number of amidine groups is 1. The molecule has 2 aromatic rings. The molecule has 2 heterocycles. The highest BCUT2D eigenvalue weighted by molar-refractivity contribution is 7.90. The van der Waals surface area contributed by atoms with Crippen molar-refractivity contribution in [2.45, 2.75) is 38.0 Å². The maximum Gasteiger partial charge on any atom is 0.285 e. The minimum absolute atomic E-state index is 0.0200. The van der Waals surface area contributed by atoms with Crippen molar-refractivity contribution in [3.05, 3.63) is 59.2 Å². The summed E-state index contributed by atoms with van der Waals surface area (Å²) in [5.41, 5.74) is 3.68. The molecule has 152 valence electrons. The van der Waals surface area contributed by atoms with E-state index in [4.69, 9.17) is 0 Å². The van der Waals surface area contributed by atoms with E-state index in [-0.39, 0.29) is 16.7 Å². The highest BCUT2D eigenvalue weighted by Gasteiger charge is 2.35. The number of carbonyl (C=O) groups excluding carboxylic acids is 1. The van der Waals surface area contributed by atoms with Gasteiger partial charge in [0, 0.05) is 24.3 Å². The standard InChI is InChI=1S/C22H25N3O3S/c1-3-16-9-6-8-15(2)20(16)23-22(26)17-10-7-13-25(14-17)21-18-11-4-5-12-19(18)29(27,28)24-21/h4-6,8-9,11-12,17H,3,7,10,13-14H2,1-2H3,(H,23,26)/t17-/m0/s1. The van der Waals surface area contributed by atoms with Crippen molar-refractivity contribution in [3.63, 3.8) is 0 Å². The summed E-state index contributed by atoms with van der Waals surface area (Å²) in [5.74, 6) is 0.225. The smallest absolute Gasteiger partial charge is 0.285 e. The lowest BCUT2D eigenvalue weighted by Crippen LogP contribution is -2.43. The summed E-state index contributed by atoms with van der Waals surface area (Å²) in [6.07, 6.45) is 2.44. The number of nitrogens with one attached hydrogen (secondary N) is 1. The normalized spacial score (nSPS) is 20.1. The number of carbonyl (C=O) groups is 1. The van der Waals surface area contributed by atoms with Crippen LogP contribution in [-0.2, 0) is 21.2 Å². The van der Waals surface area contributed by atoms with Gasteiger partial charge in [-0.2, -0.15) is 8.42 Å². The van der Waals surface area contributed by atoms with Gasteiger partial charge in [-0.25, -0.2) is 0 Å². The number of likely N-dealkylation sites (tertiary alicyclic amines) is 1. The number of piperidine rings is 1. The van der Waals surface area contributed by atoms with Gasteiger partial charge in [0.2, 0.25) is 5.91 Å². The third-order valence-corrected chi connectivity index (χ3v) is 7.02. The molecule has 0 spiro atoms. The second-order valence-corrected chi connectivity index (χ2v) is 9.20. The fourth-order valence-corrected chi connectivity index (χ4v) is 5.35. The molecule has 0 aromatic heterocycles. The Morgan fingerprint density at radius 2 is 2.00 bits per heavy atom. The van der Waals surface area contributed by atoms with Gasteiger partial charge in [0.25, 0.3) is 10.0 Å². The second-order valence-electron chi connectivity index (χ2n) is 7.62. The zero-order chi connectivity index (χ0) is 20.6. The monoisotopic (exact) mass is 411 g/mol. The molecule has 29 heavy (non-hydrogen) atoms. The molecule has 7 heteroatoms. The van der Waals surface area contributed by atoms with Crippen LogP contribution >= 0.6 is 0 Å². The molecule has 2 aliphatic heterocycles. The Labute approximate surface area is 171 Å². The van der Waals surface area contributed by atoms with E-state index in [0.717, 1.165) is 36.1 Å². The van der Waals surface area contributed by atoms with Gasteiger partial charge in [0.05, 0.1) is 5.92 Å². The van der Waals surface area contributed by atoms with Gasteiger partial charge in [0.1, 0.15) is 4.90 Å². The average molecular weight is 412 g/mol. The molecule has 0 aliphatic carbocycles. The lowest BCUT2D eigenvalue weighted by molar-refractivity contribution is -0.121. The maximum atomic E-state index is 13.0. The van der Waals surface area contributed by atoms with E-state index >= 15 is 0 Å². The Morgan fingerprint density at radius 1 is 1.21 bits per heavy atom. The number of anilines is 1. The number of para-hydroxylation sites is 1. The lowest BCUT2D eigenvalue weighted by atomic mass is 9.95. The van der Waals surface area contributed by atoms with E-state index in [1.807, 2.05) is 36.1 Å². The molecular weight excluding hydrogens is 386 g/mol. The number of fused-ring (bicyclic) bond motifs is 1. The first-order chi connectivity index (χ1) is 13.9. The first-order valence-electron chi connectivity index (χ1n) is 9.99. The number of rotatable bonds is 3. The molecular formula is C22H25N3O3S. The Bertz CT molecular complexity index is 1090. The van der Waals surface area contributed by atoms with Crippen LogP contribution in [0.4, 0.5) is 5.69 Å². The Kier molecular flexibility index (Phi) is 5.17. The van der Waals surface area contributed by atoms with Crippen LogP contribution in [0, 0.1) is 12.8 Å². The lowest BCUT2D eigenvalue weighted by Gasteiger charge is -2.33. The minimum atomic E-state index is -3.66. The summed E-state index contributed by atoms with van der Waals surface area (Å²) in [5, 5.41) is 3.12. The predicted octanol–water partition coefficient (Wildman–Crippen LogP) is 3.36. The quantitative estimate of drug-likeness (QED) is 0.840. The first-order valence-corrected chi connectivity index (χ1v) is 11.4. The molecule has 1 N–H and O–H groups in total. The largest absolute Gasteiger partial charge is 0.355 e. The van der Waals surface area contributed by atoms with Gasteiger partial charge in [-0.15, -0.1) is 4.40 Å². The highest BCUT2D eigenvalue weighted by atomic mass is 32.2. The average Bonchev–Trinajstić information content (AvgIpc) is 3.01. The van der Waals surface area contributed by atoms with Crippen LogP contribution < -0.4 is 5.32 Å². The zero-order valence-corrected chi connectivity index (χ0v) is 17.5. The molecule has 0 saturated carbocycles. The van der Waals surface area contributed by atoms with Crippen LogP contribution in [0.1, 0.15) is 36.5 Å². The van der Waals surface area contributed by atoms with Crippen molar-refractivity contribution in [1.29, 1.82) is 0 Å². The van der Waals surface area contributed by atoms with E-state index in [0.29, 0.717) is 24.5 Å². The van der Waals surface area contributed by atoms with Gasteiger partial charge in [-0.3, -0.25) is 4.79 Å². The molecule has 1 amide bonds. The molecule has 4 rings (SSSR count). The Balaban J connectivity index is 1.55. The van der Waals surface area contributed by atoms with E-state index < -0.39 is 10.0 Å². The van der Waals surface area contributed by atoms with Gasteiger partial charge in [-0.05, 0) is 49.4 Å². The fourth-order valence-electron chi connectivity index (χ4n) is 4.13. The van der Waals surface area contributed by atoms with Gasteiger partial charge < -0.3 is 10.2 Å². The van der Waals surface area contributed by atoms with Crippen molar-refractivity contribution in [2.75, 3.05) is 18.4 Å². The number of hydrogen-bond donors (Lipinski definition) is 1. The van der Waals surface area contributed by atoms with Crippen molar-refractivity contribution in [2.24, 2.45) is 10.3 Å². The Hall–Kier alpha value is -2.67. The number of benzene rings is 2. The fraction of sp³-hybridized carbons (Fsp3) is 0.364. The summed E-state index contributed by atoms with van der Waals surface area (Å²) in [4.78, 5) is 15.2. The molecule has 6 nitrogen and oxygen atoms in total. The zero-order valence-electron chi connectivity index (χ0n) is 16.7. The Morgan fingerprint density at radius 3 is 2.79 bits per heavy atom.